The molecular weight excluding hydrogens is 262 g/mol. The Kier molecular flexibility index (Phi) is 7.03. The summed E-state index contributed by atoms with van der Waals surface area (Å²) in [5.74, 6) is 0.308. The Morgan fingerprint density at radius 3 is 2.53 bits per heavy atom. The van der Waals surface area contributed by atoms with E-state index in [0.717, 1.165) is 4.90 Å². The van der Waals surface area contributed by atoms with Crippen molar-refractivity contribution in [1.29, 1.82) is 0 Å². The number of esters is 1. The zero-order valence-corrected chi connectivity index (χ0v) is 12.1. The predicted molar refractivity (Wildman–Crippen MR) is 76.1 cm³/mol. The van der Waals surface area contributed by atoms with Crippen molar-refractivity contribution in [3.05, 3.63) is 30.3 Å². The number of carbonyl (C=O) groups excluding carboxylic acids is 2. The van der Waals surface area contributed by atoms with E-state index in [1.807, 2.05) is 37.3 Å². The lowest BCUT2D eigenvalue weighted by Gasteiger charge is -2.19. The largest absolute Gasteiger partial charge is 0.468 e. The molecule has 0 radical (unpaired) electrons. The number of hydrogen-bond donors (Lipinski definition) is 0. The number of methoxy groups -OCH3 is 1. The molecule has 0 saturated heterocycles. The summed E-state index contributed by atoms with van der Waals surface area (Å²) in [6, 6.07) is 9.94. The number of benzene rings is 1. The average Bonchev–Trinajstić information content (AvgIpc) is 2.45. The van der Waals surface area contributed by atoms with E-state index < -0.39 is 0 Å². The van der Waals surface area contributed by atoms with Crippen LogP contribution in [-0.4, -0.2) is 42.7 Å². The first-order valence-electron chi connectivity index (χ1n) is 6.19. The zero-order chi connectivity index (χ0) is 14.1. The van der Waals surface area contributed by atoms with Crippen molar-refractivity contribution in [1.82, 2.24) is 4.90 Å². The summed E-state index contributed by atoms with van der Waals surface area (Å²) in [5, 5.41) is 0. The minimum atomic E-state index is -0.383. The van der Waals surface area contributed by atoms with Gasteiger partial charge in [-0.05, 0) is 19.1 Å². The highest BCUT2D eigenvalue weighted by Crippen LogP contribution is 2.18. The number of carbonyl (C=O) groups is 2. The van der Waals surface area contributed by atoms with Crippen LogP contribution in [0.4, 0.5) is 0 Å². The third-order valence-corrected chi connectivity index (χ3v) is 3.62. The van der Waals surface area contributed by atoms with Crippen molar-refractivity contribution >= 4 is 23.6 Å². The normalized spacial score (nSPS) is 10.0. The highest BCUT2D eigenvalue weighted by atomic mass is 32.2. The van der Waals surface area contributed by atoms with E-state index in [-0.39, 0.29) is 18.4 Å². The van der Waals surface area contributed by atoms with E-state index in [2.05, 4.69) is 4.74 Å². The van der Waals surface area contributed by atoms with Crippen LogP contribution in [0, 0.1) is 0 Å². The van der Waals surface area contributed by atoms with Gasteiger partial charge in [0.15, 0.2) is 0 Å². The van der Waals surface area contributed by atoms with Crippen LogP contribution in [0.5, 0.6) is 0 Å². The minimum Gasteiger partial charge on any atom is -0.468 e. The molecular formula is C14H19NO3S. The van der Waals surface area contributed by atoms with Crippen LogP contribution in [0.1, 0.15) is 13.3 Å². The van der Waals surface area contributed by atoms with Gasteiger partial charge in [0.2, 0.25) is 5.91 Å². The molecule has 0 heterocycles. The summed E-state index contributed by atoms with van der Waals surface area (Å²) in [6.07, 6.45) is 0.421. The topological polar surface area (TPSA) is 46.6 Å². The van der Waals surface area contributed by atoms with Crippen LogP contribution in [0.25, 0.3) is 0 Å². The summed E-state index contributed by atoms with van der Waals surface area (Å²) in [4.78, 5) is 25.7. The number of nitrogens with zero attached hydrogens (tertiary/aromatic N) is 1. The van der Waals surface area contributed by atoms with Crippen LogP contribution in [-0.2, 0) is 14.3 Å². The number of rotatable bonds is 7. The lowest BCUT2D eigenvalue weighted by molar-refractivity contribution is -0.146. The number of hydrogen-bond acceptors (Lipinski definition) is 4. The number of thioether (sulfide) groups is 1. The Balaban J connectivity index is 2.34. The molecule has 1 aromatic carbocycles. The Hall–Kier alpha value is -1.49. The van der Waals surface area contributed by atoms with E-state index in [1.54, 1.807) is 11.8 Å². The molecule has 1 rings (SSSR count). The fourth-order valence-corrected chi connectivity index (χ4v) is 2.39. The van der Waals surface area contributed by atoms with Crippen LogP contribution in [0.15, 0.2) is 35.2 Å². The molecule has 4 nitrogen and oxygen atoms in total. The SMILES string of the molecule is CCN(CC(=O)OC)C(=O)CCSc1ccccc1. The lowest BCUT2D eigenvalue weighted by Crippen LogP contribution is -2.36. The maximum Gasteiger partial charge on any atom is 0.325 e. The molecule has 0 fully saturated rings. The van der Waals surface area contributed by atoms with E-state index in [0.29, 0.717) is 18.7 Å². The smallest absolute Gasteiger partial charge is 0.325 e. The zero-order valence-electron chi connectivity index (χ0n) is 11.3. The highest BCUT2D eigenvalue weighted by Gasteiger charge is 2.15. The summed E-state index contributed by atoms with van der Waals surface area (Å²) < 4.78 is 4.57. The van der Waals surface area contributed by atoms with Crippen LogP contribution in [0.2, 0.25) is 0 Å². The Morgan fingerprint density at radius 1 is 1.26 bits per heavy atom. The molecule has 0 aliphatic rings. The molecule has 0 spiro atoms. The molecule has 0 saturated carbocycles. The van der Waals surface area contributed by atoms with E-state index in [4.69, 9.17) is 0 Å². The molecule has 1 aromatic rings. The van der Waals surface area contributed by atoms with Crippen molar-refractivity contribution < 1.29 is 14.3 Å². The van der Waals surface area contributed by atoms with Gasteiger partial charge in [-0.25, -0.2) is 0 Å². The molecule has 0 unspecified atom stereocenters. The second-order valence-corrected chi connectivity index (χ2v) is 5.06. The first-order valence-corrected chi connectivity index (χ1v) is 7.18. The monoisotopic (exact) mass is 281 g/mol. The molecule has 0 aromatic heterocycles. The number of likely N-dealkylation sites (N-methyl/N-ethyl adjacent to an activating group) is 1. The summed E-state index contributed by atoms with van der Waals surface area (Å²) >= 11 is 1.64. The summed E-state index contributed by atoms with van der Waals surface area (Å²) in [7, 11) is 1.33. The highest BCUT2D eigenvalue weighted by molar-refractivity contribution is 7.99. The van der Waals surface area contributed by atoms with Crippen LogP contribution >= 0.6 is 11.8 Å². The standard InChI is InChI=1S/C14H19NO3S/c1-3-15(11-14(17)18-2)13(16)9-10-19-12-7-5-4-6-8-12/h4-8H,3,9-11H2,1-2H3. The second-order valence-electron chi connectivity index (χ2n) is 3.90. The maximum atomic E-state index is 11.9. The van der Waals surface area contributed by atoms with Crippen molar-refractivity contribution in [2.45, 2.75) is 18.2 Å². The van der Waals surface area contributed by atoms with Gasteiger partial charge in [0.25, 0.3) is 0 Å². The van der Waals surface area contributed by atoms with Gasteiger partial charge >= 0.3 is 5.97 Å². The Morgan fingerprint density at radius 2 is 1.95 bits per heavy atom. The van der Waals surface area contributed by atoms with Gasteiger partial charge < -0.3 is 9.64 Å². The third kappa shape index (κ3) is 5.79. The first kappa shape index (κ1) is 15.6. The van der Waals surface area contributed by atoms with Gasteiger partial charge in [0.1, 0.15) is 6.54 Å². The molecule has 19 heavy (non-hydrogen) atoms. The van der Waals surface area contributed by atoms with Crippen LogP contribution in [0.3, 0.4) is 0 Å². The molecule has 5 heteroatoms. The maximum absolute atomic E-state index is 11.9. The molecule has 0 bridgehead atoms. The van der Waals surface area contributed by atoms with E-state index >= 15 is 0 Å². The van der Waals surface area contributed by atoms with E-state index in [1.165, 1.54) is 12.0 Å². The van der Waals surface area contributed by atoms with Gasteiger partial charge in [0, 0.05) is 23.6 Å². The molecule has 0 atom stereocenters. The van der Waals surface area contributed by atoms with Crippen LogP contribution < -0.4 is 0 Å². The average molecular weight is 281 g/mol. The first-order chi connectivity index (χ1) is 9.17. The number of amides is 1. The Labute approximate surface area is 118 Å². The van der Waals surface area contributed by atoms with Crippen molar-refractivity contribution in [2.24, 2.45) is 0 Å². The Bertz CT molecular complexity index is 408. The quantitative estimate of drug-likeness (QED) is 0.568. The lowest BCUT2D eigenvalue weighted by atomic mass is 10.4. The molecule has 104 valence electrons. The van der Waals surface area contributed by atoms with Crippen molar-refractivity contribution in [3.63, 3.8) is 0 Å². The van der Waals surface area contributed by atoms with Crippen molar-refractivity contribution in [2.75, 3.05) is 26.0 Å². The van der Waals surface area contributed by atoms with Gasteiger partial charge in [-0.2, -0.15) is 0 Å². The molecule has 1 amide bonds. The third-order valence-electron chi connectivity index (χ3n) is 2.61. The van der Waals surface area contributed by atoms with Crippen molar-refractivity contribution in [3.8, 4) is 0 Å². The fraction of sp³-hybridized carbons (Fsp3) is 0.429. The summed E-state index contributed by atoms with van der Waals surface area (Å²) in [5.41, 5.74) is 0. The molecule has 0 aliphatic carbocycles. The van der Waals surface area contributed by atoms with Gasteiger partial charge in [-0.3, -0.25) is 9.59 Å². The predicted octanol–water partition coefficient (Wildman–Crippen LogP) is 2.19. The molecule has 0 N–H and O–H groups in total. The number of ether oxygens (including phenoxy) is 1. The van der Waals surface area contributed by atoms with E-state index in [9.17, 15) is 9.59 Å². The fourth-order valence-electron chi connectivity index (χ4n) is 1.53. The van der Waals surface area contributed by atoms with Gasteiger partial charge in [-0.1, -0.05) is 18.2 Å². The van der Waals surface area contributed by atoms with Gasteiger partial charge in [0.05, 0.1) is 7.11 Å². The molecule has 0 aliphatic heterocycles. The van der Waals surface area contributed by atoms with Gasteiger partial charge in [-0.15, -0.1) is 11.8 Å². The minimum absolute atomic E-state index is 0.0173. The second kappa shape index (κ2) is 8.58. The summed E-state index contributed by atoms with van der Waals surface area (Å²) in [6.45, 7) is 2.40.